The van der Waals surface area contributed by atoms with Crippen LogP contribution in [0.15, 0.2) is 71.6 Å². The first-order valence-electron chi connectivity index (χ1n) is 11.1. The van der Waals surface area contributed by atoms with E-state index in [-0.39, 0.29) is 34.2 Å². The zero-order valence-electron chi connectivity index (χ0n) is 20.5. The summed E-state index contributed by atoms with van der Waals surface area (Å²) in [5, 5.41) is 2.63. The van der Waals surface area contributed by atoms with E-state index in [1.54, 1.807) is 37.3 Å². The van der Waals surface area contributed by atoms with Crippen LogP contribution >= 0.6 is 0 Å². The number of sulfonamides is 1. The molecule has 1 N–H and O–H groups in total. The average Bonchev–Trinajstić information content (AvgIpc) is 2.87. The Labute approximate surface area is 210 Å². The molecule has 0 aliphatic heterocycles. The second-order valence-corrected chi connectivity index (χ2v) is 9.54. The summed E-state index contributed by atoms with van der Waals surface area (Å²) < 4.78 is 44.0. The molecule has 3 rings (SSSR count). The Balaban J connectivity index is 2.02. The fourth-order valence-electron chi connectivity index (χ4n) is 3.43. The van der Waals surface area contributed by atoms with Crippen LogP contribution in [0, 0.1) is 6.92 Å². The van der Waals surface area contributed by atoms with Gasteiger partial charge in [0.2, 0.25) is 5.91 Å². The molecule has 10 heteroatoms. The summed E-state index contributed by atoms with van der Waals surface area (Å²) in [6.45, 7) is 3.10. The van der Waals surface area contributed by atoms with Gasteiger partial charge in [0.15, 0.2) is 0 Å². The van der Waals surface area contributed by atoms with Crippen LogP contribution in [0.4, 0.5) is 11.4 Å². The van der Waals surface area contributed by atoms with Gasteiger partial charge in [0, 0.05) is 6.07 Å². The Kier molecular flexibility index (Phi) is 8.55. The number of rotatable bonds is 10. The molecule has 9 nitrogen and oxygen atoms in total. The van der Waals surface area contributed by atoms with Crippen LogP contribution in [0.3, 0.4) is 0 Å². The molecule has 3 aromatic rings. The predicted molar refractivity (Wildman–Crippen MR) is 136 cm³/mol. The van der Waals surface area contributed by atoms with Crippen molar-refractivity contribution in [1.29, 1.82) is 0 Å². The third-order valence-electron chi connectivity index (χ3n) is 5.25. The number of aryl methyl sites for hydroxylation is 1. The average molecular weight is 513 g/mol. The van der Waals surface area contributed by atoms with Gasteiger partial charge in [-0.2, -0.15) is 0 Å². The van der Waals surface area contributed by atoms with Gasteiger partial charge in [-0.15, -0.1) is 0 Å². The molecule has 1 amide bonds. The molecule has 0 aliphatic carbocycles. The van der Waals surface area contributed by atoms with E-state index in [1.165, 1.54) is 50.6 Å². The number of carbonyl (C=O) groups is 2. The molecule has 0 saturated heterocycles. The highest BCUT2D eigenvalue weighted by Gasteiger charge is 2.30. The van der Waals surface area contributed by atoms with Crippen LogP contribution < -0.4 is 19.1 Å². The van der Waals surface area contributed by atoms with Crippen molar-refractivity contribution in [3.05, 3.63) is 77.9 Å². The smallest absolute Gasteiger partial charge is 0.340 e. The maximum atomic E-state index is 13.7. The van der Waals surface area contributed by atoms with E-state index in [4.69, 9.17) is 14.2 Å². The highest BCUT2D eigenvalue weighted by molar-refractivity contribution is 7.92. The first-order chi connectivity index (χ1) is 17.2. The van der Waals surface area contributed by atoms with Gasteiger partial charge >= 0.3 is 5.97 Å². The van der Waals surface area contributed by atoms with Crippen LogP contribution in [0.1, 0.15) is 22.8 Å². The molecule has 0 spiro atoms. The number of hydrogen-bond acceptors (Lipinski definition) is 7. The Hall–Kier alpha value is -4.05. The Bertz CT molecular complexity index is 1340. The van der Waals surface area contributed by atoms with Gasteiger partial charge in [-0.05, 0) is 50.2 Å². The highest BCUT2D eigenvalue weighted by Crippen LogP contribution is 2.35. The van der Waals surface area contributed by atoms with E-state index >= 15 is 0 Å². The minimum absolute atomic E-state index is 0.00527. The Morgan fingerprint density at radius 3 is 2.28 bits per heavy atom. The van der Waals surface area contributed by atoms with E-state index in [9.17, 15) is 18.0 Å². The summed E-state index contributed by atoms with van der Waals surface area (Å²) in [5.74, 6) is -0.615. The van der Waals surface area contributed by atoms with Crippen LogP contribution in [0.5, 0.6) is 11.5 Å². The van der Waals surface area contributed by atoms with Gasteiger partial charge in [0.25, 0.3) is 10.0 Å². The number of anilines is 2. The SMILES string of the molecule is CCOC(=O)c1ccccc1NC(=O)CN(c1ccc(OC)cc1OC)S(=O)(=O)c1ccc(C)cc1. The number of nitrogens with zero attached hydrogens (tertiary/aromatic N) is 1. The zero-order valence-corrected chi connectivity index (χ0v) is 21.3. The summed E-state index contributed by atoms with van der Waals surface area (Å²) >= 11 is 0. The monoisotopic (exact) mass is 512 g/mol. The topological polar surface area (TPSA) is 111 Å². The molecule has 0 saturated carbocycles. The lowest BCUT2D eigenvalue weighted by molar-refractivity contribution is -0.114. The van der Waals surface area contributed by atoms with Gasteiger partial charge in [-0.25, -0.2) is 13.2 Å². The molecule has 0 bridgehead atoms. The van der Waals surface area contributed by atoms with Crippen molar-refractivity contribution >= 4 is 33.3 Å². The standard InChI is InChI=1S/C26H28N2O7S/c1-5-35-26(30)21-8-6-7-9-22(21)27-25(29)17-28(23-15-12-19(33-3)16-24(23)34-4)36(31,32)20-13-10-18(2)11-14-20/h6-16H,5,17H2,1-4H3,(H,27,29). The number of hydrogen-bond donors (Lipinski definition) is 1. The number of esters is 1. The molecule has 0 unspecified atom stereocenters. The molecule has 0 fully saturated rings. The maximum absolute atomic E-state index is 13.7. The lowest BCUT2D eigenvalue weighted by Crippen LogP contribution is -2.38. The lowest BCUT2D eigenvalue weighted by Gasteiger charge is -2.26. The van der Waals surface area contributed by atoms with E-state index in [0.29, 0.717) is 5.75 Å². The second-order valence-electron chi connectivity index (χ2n) is 7.68. The number of para-hydroxylation sites is 1. The first-order valence-corrected chi connectivity index (χ1v) is 12.5. The molecule has 36 heavy (non-hydrogen) atoms. The van der Waals surface area contributed by atoms with Crippen molar-refractivity contribution in [3.8, 4) is 11.5 Å². The number of benzene rings is 3. The summed E-state index contributed by atoms with van der Waals surface area (Å²) in [7, 11) is -1.32. The third-order valence-corrected chi connectivity index (χ3v) is 7.02. The van der Waals surface area contributed by atoms with E-state index in [1.807, 2.05) is 6.92 Å². The summed E-state index contributed by atoms with van der Waals surface area (Å²) in [6, 6.07) is 17.2. The van der Waals surface area contributed by atoms with Gasteiger partial charge in [0.1, 0.15) is 18.0 Å². The van der Waals surface area contributed by atoms with Gasteiger partial charge in [0.05, 0.1) is 42.7 Å². The zero-order chi connectivity index (χ0) is 26.3. The van der Waals surface area contributed by atoms with Crippen molar-refractivity contribution in [3.63, 3.8) is 0 Å². The Morgan fingerprint density at radius 1 is 0.944 bits per heavy atom. The largest absolute Gasteiger partial charge is 0.497 e. The molecule has 0 aromatic heterocycles. The molecule has 0 radical (unpaired) electrons. The number of ether oxygens (including phenoxy) is 3. The minimum Gasteiger partial charge on any atom is -0.497 e. The van der Waals surface area contributed by atoms with Gasteiger partial charge in [-0.1, -0.05) is 29.8 Å². The van der Waals surface area contributed by atoms with Crippen LogP contribution in [0.2, 0.25) is 0 Å². The Morgan fingerprint density at radius 2 is 1.64 bits per heavy atom. The van der Waals surface area contributed by atoms with Crippen molar-refractivity contribution in [1.82, 2.24) is 0 Å². The highest BCUT2D eigenvalue weighted by atomic mass is 32.2. The van der Waals surface area contributed by atoms with E-state index in [0.717, 1.165) is 9.87 Å². The summed E-state index contributed by atoms with van der Waals surface area (Å²) in [4.78, 5) is 25.5. The van der Waals surface area contributed by atoms with Crippen molar-refractivity contribution < 1.29 is 32.2 Å². The molecule has 0 heterocycles. The molecular formula is C26H28N2O7S. The van der Waals surface area contributed by atoms with Gasteiger partial charge in [-0.3, -0.25) is 9.10 Å². The van der Waals surface area contributed by atoms with Crippen molar-refractivity contribution in [2.24, 2.45) is 0 Å². The fraction of sp³-hybridized carbons (Fsp3) is 0.231. The summed E-state index contributed by atoms with van der Waals surface area (Å²) in [5.41, 5.74) is 1.39. The predicted octanol–water partition coefficient (Wildman–Crippen LogP) is 4.02. The quantitative estimate of drug-likeness (QED) is 0.409. The maximum Gasteiger partial charge on any atom is 0.340 e. The molecular weight excluding hydrogens is 484 g/mol. The summed E-state index contributed by atoms with van der Waals surface area (Å²) in [6.07, 6.45) is 0. The minimum atomic E-state index is -4.19. The number of nitrogens with one attached hydrogen (secondary N) is 1. The van der Waals surface area contributed by atoms with Crippen LogP contribution in [0.25, 0.3) is 0 Å². The second kappa shape index (κ2) is 11.6. The third kappa shape index (κ3) is 5.95. The lowest BCUT2D eigenvalue weighted by atomic mass is 10.2. The molecule has 0 atom stereocenters. The van der Waals surface area contributed by atoms with Crippen LogP contribution in [-0.2, 0) is 19.6 Å². The first kappa shape index (κ1) is 26.6. The molecule has 3 aromatic carbocycles. The van der Waals surface area contributed by atoms with Crippen molar-refractivity contribution in [2.45, 2.75) is 18.7 Å². The number of methoxy groups -OCH3 is 2. The van der Waals surface area contributed by atoms with Crippen molar-refractivity contribution in [2.75, 3.05) is 37.0 Å². The van der Waals surface area contributed by atoms with Gasteiger partial charge < -0.3 is 19.5 Å². The van der Waals surface area contributed by atoms with Crippen LogP contribution in [-0.4, -0.2) is 47.7 Å². The van der Waals surface area contributed by atoms with E-state index < -0.39 is 28.4 Å². The number of carbonyl (C=O) groups excluding carboxylic acids is 2. The molecule has 0 aliphatic rings. The molecule has 190 valence electrons. The normalized spacial score (nSPS) is 10.9. The van der Waals surface area contributed by atoms with E-state index in [2.05, 4.69) is 5.32 Å². The fourth-order valence-corrected chi connectivity index (χ4v) is 4.86. The number of amides is 1.